The highest BCUT2D eigenvalue weighted by molar-refractivity contribution is 5.33. The molecule has 0 saturated heterocycles. The maximum absolute atomic E-state index is 5.41. The fourth-order valence-electron chi connectivity index (χ4n) is 2.64. The van der Waals surface area contributed by atoms with Crippen LogP contribution in [0.25, 0.3) is 0 Å². The van der Waals surface area contributed by atoms with Crippen LogP contribution in [0.15, 0.2) is 24.3 Å². The summed E-state index contributed by atoms with van der Waals surface area (Å²) in [5.74, 6) is 0.980. The lowest BCUT2D eigenvalue weighted by molar-refractivity contribution is 0.226. The Bertz CT molecular complexity index is 402. The van der Waals surface area contributed by atoms with Gasteiger partial charge in [-0.2, -0.15) is 0 Å². The van der Waals surface area contributed by atoms with E-state index in [1.54, 1.807) is 7.11 Å². The zero-order valence-corrected chi connectivity index (χ0v) is 13.9. The monoisotopic (exact) mass is 278 g/mol. The molecule has 1 aromatic rings. The molecule has 0 aliphatic heterocycles. The summed E-state index contributed by atoms with van der Waals surface area (Å²) < 4.78 is 5.41. The lowest BCUT2D eigenvalue weighted by atomic mass is 9.92. The third-order valence-corrected chi connectivity index (χ3v) is 3.39. The molecule has 0 amide bonds. The summed E-state index contributed by atoms with van der Waals surface area (Å²) in [7, 11) is 5.98. The van der Waals surface area contributed by atoms with E-state index in [-0.39, 0.29) is 5.41 Å². The number of nitrogens with zero attached hydrogens (tertiary/aromatic N) is 1. The molecule has 1 aromatic carbocycles. The van der Waals surface area contributed by atoms with Crippen LogP contribution in [0.4, 0.5) is 0 Å². The van der Waals surface area contributed by atoms with Crippen LogP contribution < -0.4 is 10.1 Å². The lowest BCUT2D eigenvalue weighted by Crippen LogP contribution is -2.41. The van der Waals surface area contributed by atoms with Crippen molar-refractivity contribution in [3.63, 3.8) is 0 Å². The van der Waals surface area contributed by atoms with Gasteiger partial charge in [-0.25, -0.2) is 0 Å². The highest BCUT2D eigenvalue weighted by Gasteiger charge is 2.19. The minimum Gasteiger partial charge on any atom is -0.496 e. The molecule has 0 radical (unpaired) electrons. The average Bonchev–Trinajstić information content (AvgIpc) is 2.36. The largest absolute Gasteiger partial charge is 0.496 e. The Morgan fingerprint density at radius 1 is 1.25 bits per heavy atom. The van der Waals surface area contributed by atoms with Crippen LogP contribution in [0, 0.1) is 5.41 Å². The summed E-state index contributed by atoms with van der Waals surface area (Å²) in [5.41, 5.74) is 1.54. The van der Waals surface area contributed by atoms with Crippen molar-refractivity contribution in [1.82, 2.24) is 10.2 Å². The predicted octanol–water partition coefficient (Wildman–Crippen LogP) is 2.80. The van der Waals surface area contributed by atoms with E-state index in [1.807, 2.05) is 12.1 Å². The molecule has 0 heterocycles. The quantitative estimate of drug-likeness (QED) is 0.791. The van der Waals surface area contributed by atoms with E-state index < -0.39 is 0 Å². The molecule has 3 nitrogen and oxygen atoms in total. The van der Waals surface area contributed by atoms with Crippen LogP contribution in [0.5, 0.6) is 5.75 Å². The first-order valence-corrected chi connectivity index (χ1v) is 7.34. The maximum Gasteiger partial charge on any atom is 0.122 e. The maximum atomic E-state index is 5.41. The zero-order chi connectivity index (χ0) is 15.2. The van der Waals surface area contributed by atoms with E-state index >= 15 is 0 Å². The summed E-state index contributed by atoms with van der Waals surface area (Å²) in [6.07, 6.45) is 0.988. The number of hydrogen-bond donors (Lipinski definition) is 1. The van der Waals surface area contributed by atoms with Gasteiger partial charge < -0.3 is 15.0 Å². The molecule has 0 aromatic heterocycles. The van der Waals surface area contributed by atoms with Crippen molar-refractivity contribution in [2.75, 3.05) is 34.3 Å². The summed E-state index contributed by atoms with van der Waals surface area (Å²) in [6, 6.07) is 8.69. The lowest BCUT2D eigenvalue weighted by Gasteiger charge is -2.30. The Hall–Kier alpha value is -1.06. The van der Waals surface area contributed by atoms with Gasteiger partial charge in [0.15, 0.2) is 0 Å². The third kappa shape index (κ3) is 5.93. The third-order valence-electron chi connectivity index (χ3n) is 3.39. The van der Waals surface area contributed by atoms with Crippen molar-refractivity contribution in [3.05, 3.63) is 29.8 Å². The fourth-order valence-corrected chi connectivity index (χ4v) is 2.64. The van der Waals surface area contributed by atoms with Crippen LogP contribution in [0.2, 0.25) is 0 Å². The van der Waals surface area contributed by atoms with Crippen LogP contribution in [-0.2, 0) is 6.42 Å². The van der Waals surface area contributed by atoms with Crippen molar-refractivity contribution in [1.29, 1.82) is 0 Å². The molecule has 1 unspecified atom stereocenters. The Morgan fingerprint density at radius 2 is 1.90 bits per heavy atom. The second-order valence-corrected chi connectivity index (χ2v) is 6.70. The number of methoxy groups -OCH3 is 1. The van der Waals surface area contributed by atoms with Gasteiger partial charge in [0, 0.05) is 19.1 Å². The van der Waals surface area contributed by atoms with Gasteiger partial charge in [0.1, 0.15) is 5.75 Å². The minimum absolute atomic E-state index is 0.276. The van der Waals surface area contributed by atoms with Crippen molar-refractivity contribution in [2.45, 2.75) is 33.2 Å². The van der Waals surface area contributed by atoms with Gasteiger partial charge >= 0.3 is 0 Å². The number of rotatable bonds is 8. The summed E-state index contributed by atoms with van der Waals surface area (Å²) >= 11 is 0. The van der Waals surface area contributed by atoms with Crippen LogP contribution in [-0.4, -0.2) is 45.2 Å². The van der Waals surface area contributed by atoms with Gasteiger partial charge in [-0.1, -0.05) is 32.0 Å². The van der Waals surface area contributed by atoms with Gasteiger partial charge in [0.25, 0.3) is 0 Å². The Morgan fingerprint density at radius 3 is 2.50 bits per heavy atom. The second-order valence-electron chi connectivity index (χ2n) is 6.70. The first-order chi connectivity index (χ1) is 9.34. The van der Waals surface area contributed by atoms with E-state index in [0.29, 0.717) is 6.04 Å². The molecule has 1 N–H and O–H groups in total. The molecule has 114 valence electrons. The minimum atomic E-state index is 0.276. The zero-order valence-electron chi connectivity index (χ0n) is 13.9. The Balaban J connectivity index is 2.49. The van der Waals surface area contributed by atoms with E-state index in [0.717, 1.165) is 25.3 Å². The number of para-hydroxylation sites is 1. The molecule has 0 bridgehead atoms. The van der Waals surface area contributed by atoms with Gasteiger partial charge in [0.2, 0.25) is 0 Å². The Kier molecular flexibility index (Phi) is 6.50. The van der Waals surface area contributed by atoms with Crippen molar-refractivity contribution < 1.29 is 4.74 Å². The van der Waals surface area contributed by atoms with E-state index in [1.165, 1.54) is 5.56 Å². The summed E-state index contributed by atoms with van der Waals surface area (Å²) in [4.78, 5) is 2.24. The molecule has 1 atom stereocenters. The van der Waals surface area contributed by atoms with Crippen molar-refractivity contribution >= 4 is 0 Å². The van der Waals surface area contributed by atoms with Crippen molar-refractivity contribution in [2.24, 2.45) is 5.41 Å². The van der Waals surface area contributed by atoms with Gasteiger partial charge in [-0.15, -0.1) is 0 Å². The molecule has 1 rings (SSSR count). The molecule has 0 spiro atoms. The van der Waals surface area contributed by atoms with Gasteiger partial charge in [0.05, 0.1) is 7.11 Å². The molecule has 20 heavy (non-hydrogen) atoms. The first kappa shape index (κ1) is 17.0. The van der Waals surface area contributed by atoms with Gasteiger partial charge in [-0.3, -0.25) is 0 Å². The number of ether oxygens (including phenoxy) is 1. The number of hydrogen-bond acceptors (Lipinski definition) is 3. The molecule has 0 aliphatic rings. The highest BCUT2D eigenvalue weighted by Crippen LogP contribution is 2.19. The molecule has 3 heteroatoms. The Labute approximate surface area is 124 Å². The normalized spacial score (nSPS) is 13.6. The van der Waals surface area contributed by atoms with Gasteiger partial charge in [-0.05, 0) is 44.5 Å². The van der Waals surface area contributed by atoms with E-state index in [2.05, 4.69) is 57.2 Å². The smallest absolute Gasteiger partial charge is 0.122 e. The van der Waals surface area contributed by atoms with E-state index in [9.17, 15) is 0 Å². The highest BCUT2D eigenvalue weighted by atomic mass is 16.5. The van der Waals surface area contributed by atoms with Crippen LogP contribution >= 0.6 is 0 Å². The standard InChI is InChI=1S/C17H30N2O/c1-14(18-12-17(2,3)13-19(4)5)11-15-9-7-8-10-16(15)20-6/h7-10,14,18H,11-13H2,1-6H3. The molecular formula is C17H30N2O. The number of nitrogens with one attached hydrogen (secondary N) is 1. The summed E-state index contributed by atoms with van der Waals surface area (Å²) in [5, 5.41) is 3.65. The second kappa shape index (κ2) is 7.65. The summed E-state index contributed by atoms with van der Waals surface area (Å²) in [6.45, 7) is 8.94. The molecule has 0 fully saturated rings. The van der Waals surface area contributed by atoms with Crippen LogP contribution in [0.3, 0.4) is 0 Å². The average molecular weight is 278 g/mol. The predicted molar refractivity (Wildman–Crippen MR) is 86.5 cm³/mol. The van der Waals surface area contributed by atoms with Crippen LogP contribution in [0.1, 0.15) is 26.3 Å². The molecular weight excluding hydrogens is 248 g/mol. The molecule has 0 saturated carbocycles. The first-order valence-electron chi connectivity index (χ1n) is 7.34. The molecule has 0 aliphatic carbocycles. The SMILES string of the molecule is COc1ccccc1CC(C)NCC(C)(C)CN(C)C. The van der Waals surface area contributed by atoms with Crippen molar-refractivity contribution in [3.8, 4) is 5.75 Å². The fraction of sp³-hybridized carbons (Fsp3) is 0.647. The van der Waals surface area contributed by atoms with E-state index in [4.69, 9.17) is 4.74 Å². The number of benzene rings is 1. The topological polar surface area (TPSA) is 24.5 Å².